The second-order valence-electron chi connectivity index (χ2n) is 5.67. The third kappa shape index (κ3) is 3.43. The lowest BCUT2D eigenvalue weighted by Crippen LogP contribution is -2.29. The molecule has 0 saturated heterocycles. The first-order valence-corrected chi connectivity index (χ1v) is 7.27. The smallest absolute Gasteiger partial charge is 0.124 e. The number of nitrogens with two attached hydrogens (primary N) is 1. The number of aryl methyl sites for hydroxylation is 1. The summed E-state index contributed by atoms with van der Waals surface area (Å²) >= 11 is 0. The minimum atomic E-state index is -0.0823. The summed E-state index contributed by atoms with van der Waals surface area (Å²) in [5.41, 5.74) is 7.60. The molecule has 112 valence electrons. The minimum absolute atomic E-state index is 0.0823. The van der Waals surface area contributed by atoms with Gasteiger partial charge in [0.05, 0.1) is 13.2 Å². The molecular formula is C18H24N2O. The molecule has 2 rings (SSSR count). The zero-order chi connectivity index (χ0) is 15.4. The van der Waals surface area contributed by atoms with Crippen LogP contribution in [0.15, 0.2) is 42.5 Å². The lowest BCUT2D eigenvalue weighted by Gasteiger charge is -2.20. The first kappa shape index (κ1) is 15.5. The van der Waals surface area contributed by atoms with Gasteiger partial charge < -0.3 is 4.74 Å². The van der Waals surface area contributed by atoms with E-state index in [1.165, 1.54) is 11.1 Å². The predicted octanol–water partition coefficient (Wildman–Crippen LogP) is 3.68. The van der Waals surface area contributed by atoms with E-state index in [-0.39, 0.29) is 6.04 Å². The fraction of sp³-hybridized carbons (Fsp3) is 0.333. The molecular weight excluding hydrogens is 260 g/mol. The van der Waals surface area contributed by atoms with Gasteiger partial charge in [0.1, 0.15) is 5.75 Å². The first-order chi connectivity index (χ1) is 10.1. The summed E-state index contributed by atoms with van der Waals surface area (Å²) in [7, 11) is 1.68. The Morgan fingerprint density at radius 2 is 1.62 bits per heavy atom. The molecule has 1 unspecified atom stereocenters. The number of hydrogen-bond donors (Lipinski definition) is 2. The Hall–Kier alpha value is -1.84. The van der Waals surface area contributed by atoms with Crippen LogP contribution in [0.5, 0.6) is 5.75 Å². The standard InChI is InChI=1S/C18H24N2O/c1-12(2)14-6-8-15(9-7-14)18(20-19)16-11-13(3)5-10-17(16)21-4/h5-12,18,20H,19H2,1-4H3. The number of ether oxygens (including phenoxy) is 1. The Bertz CT molecular complexity index is 591. The summed E-state index contributed by atoms with van der Waals surface area (Å²) in [6.45, 7) is 6.45. The Labute approximate surface area is 127 Å². The summed E-state index contributed by atoms with van der Waals surface area (Å²) in [6, 6.07) is 14.6. The van der Waals surface area contributed by atoms with Crippen LogP contribution in [0.1, 0.15) is 48.1 Å². The third-order valence-corrected chi connectivity index (χ3v) is 3.80. The van der Waals surface area contributed by atoms with E-state index in [1.807, 2.05) is 12.1 Å². The van der Waals surface area contributed by atoms with Gasteiger partial charge in [0.2, 0.25) is 0 Å². The van der Waals surface area contributed by atoms with Crippen LogP contribution in [0.25, 0.3) is 0 Å². The molecule has 21 heavy (non-hydrogen) atoms. The first-order valence-electron chi connectivity index (χ1n) is 7.27. The highest BCUT2D eigenvalue weighted by Gasteiger charge is 2.17. The maximum absolute atomic E-state index is 5.80. The van der Waals surface area contributed by atoms with Crippen molar-refractivity contribution in [1.29, 1.82) is 0 Å². The molecule has 3 N–H and O–H groups in total. The van der Waals surface area contributed by atoms with Crippen molar-refractivity contribution < 1.29 is 4.74 Å². The minimum Gasteiger partial charge on any atom is -0.496 e. The van der Waals surface area contributed by atoms with Crippen molar-refractivity contribution >= 4 is 0 Å². The number of hydrazine groups is 1. The highest BCUT2D eigenvalue weighted by molar-refractivity contribution is 5.44. The van der Waals surface area contributed by atoms with Gasteiger partial charge >= 0.3 is 0 Å². The zero-order valence-corrected chi connectivity index (χ0v) is 13.2. The summed E-state index contributed by atoms with van der Waals surface area (Å²) in [4.78, 5) is 0. The molecule has 0 aliphatic carbocycles. The lowest BCUT2D eigenvalue weighted by molar-refractivity contribution is 0.404. The van der Waals surface area contributed by atoms with Gasteiger partial charge in [-0.05, 0) is 30.0 Å². The van der Waals surface area contributed by atoms with Crippen LogP contribution in [-0.4, -0.2) is 7.11 Å². The molecule has 0 fully saturated rings. The molecule has 2 aromatic carbocycles. The van der Waals surface area contributed by atoms with Crippen molar-refractivity contribution in [1.82, 2.24) is 5.43 Å². The quantitative estimate of drug-likeness (QED) is 0.650. The summed E-state index contributed by atoms with van der Waals surface area (Å²) < 4.78 is 5.47. The maximum atomic E-state index is 5.80. The monoisotopic (exact) mass is 284 g/mol. The topological polar surface area (TPSA) is 47.3 Å². The van der Waals surface area contributed by atoms with Crippen LogP contribution in [0.2, 0.25) is 0 Å². The molecule has 2 aromatic rings. The molecule has 3 heteroatoms. The van der Waals surface area contributed by atoms with Crippen LogP contribution >= 0.6 is 0 Å². The molecule has 0 aliphatic heterocycles. The molecule has 0 spiro atoms. The Balaban J connectivity index is 2.41. The van der Waals surface area contributed by atoms with E-state index in [0.717, 1.165) is 16.9 Å². The van der Waals surface area contributed by atoms with E-state index in [1.54, 1.807) is 7.11 Å². The van der Waals surface area contributed by atoms with Crippen LogP contribution < -0.4 is 16.0 Å². The fourth-order valence-corrected chi connectivity index (χ4v) is 2.52. The predicted molar refractivity (Wildman–Crippen MR) is 87.4 cm³/mol. The van der Waals surface area contributed by atoms with Crippen molar-refractivity contribution in [3.63, 3.8) is 0 Å². The molecule has 0 saturated carbocycles. The van der Waals surface area contributed by atoms with E-state index < -0.39 is 0 Å². The van der Waals surface area contributed by atoms with Gasteiger partial charge in [-0.3, -0.25) is 5.84 Å². The average Bonchev–Trinajstić information content (AvgIpc) is 2.49. The summed E-state index contributed by atoms with van der Waals surface area (Å²) in [5, 5.41) is 0. The van der Waals surface area contributed by atoms with Crippen LogP contribution in [-0.2, 0) is 0 Å². The molecule has 0 aliphatic rings. The van der Waals surface area contributed by atoms with Crippen LogP contribution in [0, 0.1) is 6.92 Å². The SMILES string of the molecule is COc1ccc(C)cc1C(NN)c1ccc(C(C)C)cc1. The van der Waals surface area contributed by atoms with E-state index >= 15 is 0 Å². The van der Waals surface area contributed by atoms with Crippen molar-refractivity contribution in [2.45, 2.75) is 32.7 Å². The number of nitrogens with one attached hydrogen (secondary N) is 1. The molecule has 0 bridgehead atoms. The third-order valence-electron chi connectivity index (χ3n) is 3.80. The van der Waals surface area contributed by atoms with Crippen molar-refractivity contribution in [3.05, 3.63) is 64.7 Å². The van der Waals surface area contributed by atoms with Gasteiger partial charge in [0.25, 0.3) is 0 Å². The van der Waals surface area contributed by atoms with Crippen molar-refractivity contribution in [2.75, 3.05) is 7.11 Å². The van der Waals surface area contributed by atoms with Gasteiger partial charge in [-0.15, -0.1) is 0 Å². The molecule has 0 heterocycles. The Kier molecular flexibility index (Phi) is 4.99. The lowest BCUT2D eigenvalue weighted by atomic mass is 9.94. The molecule has 0 radical (unpaired) electrons. The highest BCUT2D eigenvalue weighted by atomic mass is 16.5. The molecule has 1 atom stereocenters. The Morgan fingerprint density at radius 1 is 1.00 bits per heavy atom. The Morgan fingerprint density at radius 3 is 2.14 bits per heavy atom. The molecule has 0 aromatic heterocycles. The normalized spacial score (nSPS) is 12.5. The summed E-state index contributed by atoms with van der Waals surface area (Å²) in [6.07, 6.45) is 0. The fourth-order valence-electron chi connectivity index (χ4n) is 2.52. The highest BCUT2D eigenvalue weighted by Crippen LogP contribution is 2.31. The van der Waals surface area contributed by atoms with Crippen molar-refractivity contribution in [3.8, 4) is 5.75 Å². The van der Waals surface area contributed by atoms with E-state index in [9.17, 15) is 0 Å². The van der Waals surface area contributed by atoms with Gasteiger partial charge in [-0.25, -0.2) is 5.43 Å². The second kappa shape index (κ2) is 6.74. The number of hydrogen-bond acceptors (Lipinski definition) is 3. The second-order valence-corrected chi connectivity index (χ2v) is 5.67. The van der Waals surface area contributed by atoms with Crippen molar-refractivity contribution in [2.24, 2.45) is 5.84 Å². The molecule has 3 nitrogen and oxygen atoms in total. The zero-order valence-electron chi connectivity index (χ0n) is 13.2. The van der Waals surface area contributed by atoms with Gasteiger partial charge in [0.15, 0.2) is 0 Å². The average molecular weight is 284 g/mol. The molecule has 0 amide bonds. The maximum Gasteiger partial charge on any atom is 0.124 e. The van der Waals surface area contributed by atoms with Crippen LogP contribution in [0.3, 0.4) is 0 Å². The van der Waals surface area contributed by atoms with E-state index in [0.29, 0.717) is 5.92 Å². The largest absolute Gasteiger partial charge is 0.496 e. The van der Waals surface area contributed by atoms with Gasteiger partial charge in [0, 0.05) is 5.56 Å². The van der Waals surface area contributed by atoms with Crippen LogP contribution in [0.4, 0.5) is 0 Å². The number of benzene rings is 2. The summed E-state index contributed by atoms with van der Waals surface area (Å²) in [5.74, 6) is 7.17. The van der Waals surface area contributed by atoms with E-state index in [4.69, 9.17) is 10.6 Å². The van der Waals surface area contributed by atoms with Gasteiger partial charge in [-0.1, -0.05) is 55.8 Å². The number of rotatable bonds is 5. The number of methoxy groups -OCH3 is 1. The van der Waals surface area contributed by atoms with E-state index in [2.05, 4.69) is 56.5 Å². The van der Waals surface area contributed by atoms with Gasteiger partial charge in [-0.2, -0.15) is 0 Å².